The van der Waals surface area contributed by atoms with Crippen molar-refractivity contribution >= 4 is 32.4 Å². The Labute approximate surface area is 182 Å². The number of phosphoric ester groups is 1. The van der Waals surface area contributed by atoms with Crippen LogP contribution >= 0.6 is 15.4 Å². The number of nitrogen functional groups attached to an aromatic ring is 1. The van der Waals surface area contributed by atoms with Crippen LogP contribution in [0, 0.1) is 5.92 Å². The largest absolute Gasteiger partial charge is 0.811 e. The molecule has 16 heteroatoms. The zero-order valence-corrected chi connectivity index (χ0v) is 19.1. The van der Waals surface area contributed by atoms with Gasteiger partial charge in [0.25, 0.3) is 7.82 Å². The van der Waals surface area contributed by atoms with Gasteiger partial charge in [0, 0.05) is 7.11 Å². The molecule has 0 amide bonds. The number of anilines is 1. The van der Waals surface area contributed by atoms with Gasteiger partial charge in [-0.25, -0.2) is 15.0 Å². The maximum Gasteiger partial charge on any atom is 0.268 e. The number of ether oxygens (including phenoxy) is 2. The van der Waals surface area contributed by atoms with Crippen molar-refractivity contribution in [2.45, 2.75) is 56.6 Å². The molecule has 178 valence electrons. The van der Waals surface area contributed by atoms with Crippen molar-refractivity contribution in [2.75, 3.05) is 12.8 Å². The van der Waals surface area contributed by atoms with Crippen LogP contribution < -0.4 is 20.4 Å². The van der Waals surface area contributed by atoms with Crippen LogP contribution in [0.2, 0.25) is 0 Å². The van der Waals surface area contributed by atoms with E-state index in [0.717, 1.165) is 0 Å². The van der Waals surface area contributed by atoms with Crippen molar-refractivity contribution in [1.29, 1.82) is 0 Å². The lowest BCUT2D eigenvalue weighted by atomic mass is 10.1. The molecule has 0 radical (unpaired) electrons. The number of fused-ring (bicyclic) bond motifs is 1. The molecule has 2 aliphatic rings. The summed E-state index contributed by atoms with van der Waals surface area (Å²) in [7, 11) is -8.41. The SMILES string of the molecule is CO[C@H]1C(OP(=O)([O-])OC(C)C)[C@@H](C2CC2P(=O)([O-])[O-])O[C@H]1n1cnc2c(N)ncnc21. The van der Waals surface area contributed by atoms with Gasteiger partial charge in [-0.05, 0) is 31.8 Å². The molecule has 14 nitrogen and oxygen atoms in total. The first kappa shape index (κ1) is 23.7. The average Bonchev–Trinajstić information content (AvgIpc) is 3.24. The van der Waals surface area contributed by atoms with E-state index in [1.165, 1.54) is 38.2 Å². The molecule has 4 rings (SSSR count). The van der Waals surface area contributed by atoms with E-state index in [0.29, 0.717) is 5.65 Å². The maximum absolute atomic E-state index is 12.4. The van der Waals surface area contributed by atoms with Crippen LogP contribution in [0.15, 0.2) is 12.7 Å². The highest BCUT2D eigenvalue weighted by Gasteiger charge is 2.58. The average molecular weight is 490 g/mol. The van der Waals surface area contributed by atoms with E-state index in [4.69, 9.17) is 24.3 Å². The molecule has 32 heavy (non-hydrogen) atoms. The number of hydrogen-bond acceptors (Lipinski definition) is 13. The monoisotopic (exact) mass is 490 g/mol. The Hall–Kier alpha value is -1.47. The third kappa shape index (κ3) is 4.47. The van der Waals surface area contributed by atoms with E-state index >= 15 is 0 Å². The first-order chi connectivity index (χ1) is 14.9. The van der Waals surface area contributed by atoms with E-state index in [1.54, 1.807) is 0 Å². The fourth-order valence-electron chi connectivity index (χ4n) is 4.01. The van der Waals surface area contributed by atoms with Crippen LogP contribution in [0.5, 0.6) is 0 Å². The second kappa shape index (κ2) is 8.39. The van der Waals surface area contributed by atoms with Gasteiger partial charge in [-0.15, -0.1) is 0 Å². The Bertz CT molecular complexity index is 1090. The molecule has 4 unspecified atom stereocenters. The van der Waals surface area contributed by atoms with Crippen LogP contribution in [-0.4, -0.2) is 56.7 Å². The normalized spacial score (nSPS) is 32.5. The molecule has 0 aromatic carbocycles. The molecule has 1 saturated carbocycles. The summed E-state index contributed by atoms with van der Waals surface area (Å²) in [6.07, 6.45) is -2.49. The molecule has 2 fully saturated rings. The Kier molecular flexibility index (Phi) is 6.21. The van der Waals surface area contributed by atoms with Gasteiger partial charge >= 0.3 is 0 Å². The summed E-state index contributed by atoms with van der Waals surface area (Å²) in [5, 5.41) is 0. The lowest BCUT2D eigenvalue weighted by Gasteiger charge is -2.33. The number of imidazole rings is 1. The van der Waals surface area contributed by atoms with Crippen molar-refractivity contribution in [1.82, 2.24) is 19.5 Å². The topological polar surface area (TPSA) is 210 Å². The number of aromatic nitrogens is 4. The molecule has 2 N–H and O–H groups in total. The first-order valence-corrected chi connectivity index (χ1v) is 12.8. The van der Waals surface area contributed by atoms with Crippen LogP contribution in [0.4, 0.5) is 5.82 Å². The van der Waals surface area contributed by atoms with Crippen molar-refractivity contribution in [3.05, 3.63) is 12.7 Å². The fraction of sp³-hybridized carbons (Fsp3) is 0.688. The predicted octanol–water partition coefficient (Wildman–Crippen LogP) is -1.10. The number of methoxy groups -OCH3 is 1. The van der Waals surface area contributed by atoms with E-state index < -0.39 is 57.6 Å². The fourth-order valence-corrected chi connectivity index (χ4v) is 6.25. The summed E-state index contributed by atoms with van der Waals surface area (Å²) in [6, 6.07) is 0. The Balaban J connectivity index is 1.70. The van der Waals surface area contributed by atoms with Crippen LogP contribution in [-0.2, 0) is 27.7 Å². The second-order valence-electron chi connectivity index (χ2n) is 7.95. The Morgan fingerprint density at radius 2 is 1.94 bits per heavy atom. The third-order valence-corrected chi connectivity index (χ3v) is 7.97. The Morgan fingerprint density at radius 3 is 2.53 bits per heavy atom. The molecule has 1 aliphatic carbocycles. The van der Waals surface area contributed by atoms with E-state index in [1.807, 2.05) is 0 Å². The summed E-state index contributed by atoms with van der Waals surface area (Å²) in [5.74, 6) is -0.641. The maximum atomic E-state index is 12.4. The summed E-state index contributed by atoms with van der Waals surface area (Å²) in [6.45, 7) is 3.02. The Morgan fingerprint density at radius 1 is 1.22 bits per heavy atom. The van der Waals surface area contributed by atoms with E-state index in [2.05, 4.69) is 15.0 Å². The van der Waals surface area contributed by atoms with Crippen LogP contribution in [0.1, 0.15) is 26.5 Å². The number of phosphoric acid groups is 1. The summed E-state index contributed by atoms with van der Waals surface area (Å²) >= 11 is 0. The van der Waals surface area contributed by atoms with Crippen LogP contribution in [0.3, 0.4) is 0 Å². The summed E-state index contributed by atoms with van der Waals surface area (Å²) < 4.78 is 47.1. The highest BCUT2D eigenvalue weighted by atomic mass is 31.2. The lowest BCUT2D eigenvalue weighted by Crippen LogP contribution is -2.38. The third-order valence-electron chi connectivity index (χ3n) is 5.38. The minimum Gasteiger partial charge on any atom is -0.811 e. The minimum atomic E-state index is -4.90. The molecule has 2 aromatic heterocycles. The number of nitrogens with zero attached hydrogens (tertiary/aromatic N) is 4. The first-order valence-electron chi connectivity index (χ1n) is 9.73. The zero-order chi connectivity index (χ0) is 23.4. The smallest absolute Gasteiger partial charge is 0.268 e. The summed E-state index contributed by atoms with van der Waals surface area (Å²) in [4.78, 5) is 47.6. The summed E-state index contributed by atoms with van der Waals surface area (Å²) in [5.41, 5.74) is 5.21. The van der Waals surface area contributed by atoms with Crippen LogP contribution in [0.25, 0.3) is 11.2 Å². The molecule has 0 spiro atoms. The molecule has 7 atom stereocenters. The van der Waals surface area contributed by atoms with E-state index in [9.17, 15) is 23.8 Å². The molecule has 1 saturated heterocycles. The predicted molar refractivity (Wildman–Crippen MR) is 103 cm³/mol. The van der Waals surface area contributed by atoms with Gasteiger partial charge in [-0.3, -0.25) is 9.13 Å². The quantitative estimate of drug-likeness (QED) is 0.436. The van der Waals surface area contributed by atoms with Crippen molar-refractivity contribution < 1.29 is 42.3 Å². The van der Waals surface area contributed by atoms with Crippen molar-refractivity contribution in [3.63, 3.8) is 0 Å². The van der Waals surface area contributed by atoms with Gasteiger partial charge in [0.2, 0.25) is 0 Å². The standard InChI is InChI=1S/C16H25N5O9P2/c1-7(2)29-32(25,26)30-12-11(8-4-9(8)31(22,23)24)28-16(13(12)27-3)21-6-20-10-14(17)18-5-19-15(10)21/h5-9,11-13,16H,4H2,1-3H3,(H,25,26)(H2,17,18,19)(H2,22,23,24)/p-3/t8?,9?,11-,12?,13+,16-/m1/s1. The van der Waals surface area contributed by atoms with E-state index in [-0.39, 0.29) is 17.8 Å². The molecule has 1 aliphatic heterocycles. The van der Waals surface area contributed by atoms with Crippen molar-refractivity contribution in [2.24, 2.45) is 5.92 Å². The minimum absolute atomic E-state index is 0.0198. The second-order valence-corrected chi connectivity index (χ2v) is 11.0. The number of nitrogens with two attached hydrogens (primary N) is 1. The van der Waals surface area contributed by atoms with Gasteiger partial charge in [0.15, 0.2) is 17.7 Å². The molecular weight excluding hydrogens is 468 g/mol. The lowest BCUT2D eigenvalue weighted by molar-refractivity contribution is -0.314. The number of hydrogen-bond donors (Lipinski definition) is 1. The molecule has 3 heterocycles. The number of rotatable bonds is 8. The van der Waals surface area contributed by atoms with Crippen molar-refractivity contribution in [3.8, 4) is 0 Å². The molecule has 2 aromatic rings. The van der Waals surface area contributed by atoms with Gasteiger partial charge < -0.3 is 43.5 Å². The zero-order valence-electron chi connectivity index (χ0n) is 17.3. The highest BCUT2D eigenvalue weighted by Crippen LogP contribution is 2.59. The molecular formula is C16H22N5O9P2-3. The van der Waals surface area contributed by atoms with Gasteiger partial charge in [0.1, 0.15) is 24.1 Å². The van der Waals surface area contributed by atoms with Gasteiger partial charge in [-0.1, -0.05) is 7.60 Å². The van der Waals surface area contributed by atoms with Gasteiger partial charge in [0.05, 0.1) is 18.5 Å². The van der Waals surface area contributed by atoms with Gasteiger partial charge in [-0.2, -0.15) is 0 Å². The highest BCUT2D eigenvalue weighted by molar-refractivity contribution is 7.50. The molecule has 0 bridgehead atoms.